The van der Waals surface area contributed by atoms with Crippen molar-refractivity contribution in [3.63, 3.8) is 0 Å². The highest BCUT2D eigenvalue weighted by molar-refractivity contribution is 9.18. The van der Waals surface area contributed by atoms with Gasteiger partial charge in [0.25, 0.3) is 0 Å². The van der Waals surface area contributed by atoms with E-state index in [4.69, 9.17) is 23.2 Å². The molecule has 1 nitrogen and oxygen atoms in total. The largest absolute Gasteiger partial charge is 0.286 e. The molecule has 1 aromatic carbocycles. The van der Waals surface area contributed by atoms with Crippen LogP contribution in [0.3, 0.4) is 0 Å². The van der Waals surface area contributed by atoms with E-state index in [9.17, 15) is 4.79 Å². The van der Waals surface area contributed by atoms with Gasteiger partial charge in [0.1, 0.15) is 0 Å². The van der Waals surface area contributed by atoms with Crippen molar-refractivity contribution < 1.29 is 4.79 Å². The highest BCUT2D eigenvalue weighted by atomic mass is 79.9. The molecule has 0 bridgehead atoms. The van der Waals surface area contributed by atoms with E-state index in [0.29, 0.717) is 10.0 Å². The Morgan fingerprint density at radius 3 is 2.58 bits per heavy atom. The van der Waals surface area contributed by atoms with Crippen molar-refractivity contribution in [2.45, 2.75) is 6.42 Å². The molecular formula is C8H5BrCl2O. The Labute approximate surface area is 88.8 Å². The second-order valence-corrected chi connectivity index (χ2v) is 4.00. The number of carbonyl (C=O) groups is 1. The van der Waals surface area contributed by atoms with E-state index in [2.05, 4.69) is 15.9 Å². The van der Waals surface area contributed by atoms with Gasteiger partial charge < -0.3 is 0 Å². The molecule has 0 aromatic heterocycles. The van der Waals surface area contributed by atoms with Crippen LogP contribution in [0.15, 0.2) is 18.2 Å². The average Bonchev–Trinajstić information content (AvgIpc) is 1.94. The summed E-state index contributed by atoms with van der Waals surface area (Å²) in [5, 5.41) is 1.10. The fourth-order valence-electron chi connectivity index (χ4n) is 0.815. The molecule has 0 spiro atoms. The second kappa shape index (κ2) is 4.26. The van der Waals surface area contributed by atoms with Gasteiger partial charge in [-0.2, -0.15) is 0 Å². The zero-order valence-corrected chi connectivity index (χ0v) is 9.08. The van der Waals surface area contributed by atoms with Crippen LogP contribution in [0.5, 0.6) is 0 Å². The molecule has 4 heteroatoms. The van der Waals surface area contributed by atoms with Crippen LogP contribution in [-0.2, 0) is 11.2 Å². The van der Waals surface area contributed by atoms with Gasteiger partial charge in [-0.25, -0.2) is 0 Å². The van der Waals surface area contributed by atoms with Gasteiger partial charge in [0.2, 0.25) is 4.69 Å². The Hall–Kier alpha value is -0.0500. The van der Waals surface area contributed by atoms with E-state index >= 15 is 0 Å². The van der Waals surface area contributed by atoms with E-state index in [1.807, 2.05) is 0 Å². The summed E-state index contributed by atoms with van der Waals surface area (Å²) in [6, 6.07) is 5.07. The summed E-state index contributed by atoms with van der Waals surface area (Å²) in [6.45, 7) is 0. The minimum atomic E-state index is -0.0910. The third-order valence-corrected chi connectivity index (χ3v) is 2.21. The van der Waals surface area contributed by atoms with Gasteiger partial charge in [-0.15, -0.1) is 0 Å². The molecule has 1 aromatic rings. The molecule has 0 heterocycles. The van der Waals surface area contributed by atoms with Crippen molar-refractivity contribution in [2.24, 2.45) is 0 Å². The first-order valence-electron chi connectivity index (χ1n) is 3.22. The molecular weight excluding hydrogens is 263 g/mol. The highest BCUT2D eigenvalue weighted by Gasteiger charge is 2.04. The normalized spacial score (nSPS) is 9.92. The first-order chi connectivity index (χ1) is 5.59. The van der Waals surface area contributed by atoms with Crippen molar-refractivity contribution in [1.29, 1.82) is 0 Å². The monoisotopic (exact) mass is 266 g/mol. The minimum Gasteiger partial charge on any atom is -0.286 e. The standard InChI is InChI=1S/C8H5BrCl2O/c9-8(12)3-5-1-2-6(10)4-7(5)11/h1-2,4H,3H2. The highest BCUT2D eigenvalue weighted by Crippen LogP contribution is 2.21. The van der Waals surface area contributed by atoms with Gasteiger partial charge >= 0.3 is 0 Å². The van der Waals surface area contributed by atoms with Gasteiger partial charge in [-0.1, -0.05) is 29.3 Å². The van der Waals surface area contributed by atoms with Crippen LogP contribution in [-0.4, -0.2) is 4.69 Å². The molecule has 0 unspecified atom stereocenters. The lowest BCUT2D eigenvalue weighted by atomic mass is 10.2. The van der Waals surface area contributed by atoms with Crippen LogP contribution in [0.4, 0.5) is 0 Å². The number of hydrogen-bond acceptors (Lipinski definition) is 1. The lowest BCUT2D eigenvalue weighted by Crippen LogP contribution is -1.93. The molecule has 0 atom stereocenters. The van der Waals surface area contributed by atoms with Gasteiger partial charge in [-0.05, 0) is 33.6 Å². The van der Waals surface area contributed by atoms with Crippen molar-refractivity contribution in [2.75, 3.05) is 0 Å². The molecule has 0 saturated heterocycles. The lowest BCUT2D eigenvalue weighted by molar-refractivity contribution is -0.109. The fraction of sp³-hybridized carbons (Fsp3) is 0.125. The molecule has 0 amide bonds. The summed E-state index contributed by atoms with van der Waals surface area (Å²) in [4.78, 5) is 10.7. The molecule has 0 N–H and O–H groups in total. The number of rotatable bonds is 2. The molecule has 0 radical (unpaired) electrons. The summed E-state index contributed by atoms with van der Waals surface area (Å²) in [7, 11) is 0. The molecule has 0 aliphatic rings. The van der Waals surface area contributed by atoms with Gasteiger partial charge in [-0.3, -0.25) is 4.79 Å². The Bertz CT molecular complexity index is 312. The van der Waals surface area contributed by atoms with Crippen molar-refractivity contribution in [1.82, 2.24) is 0 Å². The Morgan fingerprint density at radius 1 is 1.42 bits per heavy atom. The van der Waals surface area contributed by atoms with Gasteiger partial charge in [0.15, 0.2) is 0 Å². The fourth-order valence-corrected chi connectivity index (χ4v) is 1.59. The number of benzene rings is 1. The molecule has 0 fully saturated rings. The zero-order chi connectivity index (χ0) is 9.14. The Balaban J connectivity index is 2.93. The molecule has 1 rings (SSSR count). The minimum absolute atomic E-state index is 0.0910. The first kappa shape index (κ1) is 10.0. The van der Waals surface area contributed by atoms with E-state index in [-0.39, 0.29) is 11.1 Å². The molecule has 12 heavy (non-hydrogen) atoms. The SMILES string of the molecule is O=C(Br)Cc1ccc(Cl)cc1Cl. The van der Waals surface area contributed by atoms with Crippen LogP contribution in [0.2, 0.25) is 10.0 Å². The summed E-state index contributed by atoms with van der Waals surface area (Å²) >= 11 is 14.3. The van der Waals surface area contributed by atoms with E-state index in [1.165, 1.54) is 0 Å². The second-order valence-electron chi connectivity index (χ2n) is 2.27. The zero-order valence-electron chi connectivity index (χ0n) is 5.98. The van der Waals surface area contributed by atoms with Crippen LogP contribution in [0, 0.1) is 0 Å². The number of carbonyl (C=O) groups excluding carboxylic acids is 1. The number of hydrogen-bond donors (Lipinski definition) is 0. The Kier molecular flexibility index (Phi) is 3.56. The smallest absolute Gasteiger partial charge is 0.202 e. The third kappa shape index (κ3) is 2.77. The van der Waals surface area contributed by atoms with Crippen LogP contribution < -0.4 is 0 Å². The van der Waals surface area contributed by atoms with Crippen molar-refractivity contribution in [3.05, 3.63) is 33.8 Å². The lowest BCUT2D eigenvalue weighted by Gasteiger charge is -2.00. The number of halogens is 3. The van der Waals surface area contributed by atoms with E-state index in [0.717, 1.165) is 5.56 Å². The molecule has 0 aliphatic heterocycles. The van der Waals surface area contributed by atoms with Crippen LogP contribution in [0.1, 0.15) is 5.56 Å². The first-order valence-corrected chi connectivity index (χ1v) is 4.77. The maximum atomic E-state index is 10.7. The van der Waals surface area contributed by atoms with Gasteiger partial charge in [0, 0.05) is 16.5 Å². The maximum absolute atomic E-state index is 10.7. The molecule has 0 saturated carbocycles. The third-order valence-electron chi connectivity index (χ3n) is 1.34. The predicted octanol–water partition coefficient (Wildman–Crippen LogP) is 3.46. The summed E-state index contributed by atoms with van der Waals surface area (Å²) in [5.41, 5.74) is 0.781. The summed E-state index contributed by atoms with van der Waals surface area (Å²) in [6.07, 6.45) is 0.288. The van der Waals surface area contributed by atoms with Crippen molar-refractivity contribution >= 4 is 43.8 Å². The summed E-state index contributed by atoms with van der Waals surface area (Å²) < 4.78 is -0.0910. The predicted molar refractivity (Wildman–Crippen MR) is 54.1 cm³/mol. The topological polar surface area (TPSA) is 17.1 Å². The average molecular weight is 268 g/mol. The summed E-state index contributed by atoms with van der Waals surface area (Å²) in [5.74, 6) is 0. The Morgan fingerprint density at radius 2 is 2.08 bits per heavy atom. The van der Waals surface area contributed by atoms with E-state index < -0.39 is 0 Å². The van der Waals surface area contributed by atoms with Crippen LogP contribution >= 0.6 is 39.1 Å². The van der Waals surface area contributed by atoms with Crippen LogP contribution in [0.25, 0.3) is 0 Å². The maximum Gasteiger partial charge on any atom is 0.202 e. The quantitative estimate of drug-likeness (QED) is 0.750. The van der Waals surface area contributed by atoms with Crippen molar-refractivity contribution in [3.8, 4) is 0 Å². The van der Waals surface area contributed by atoms with Gasteiger partial charge in [0.05, 0.1) is 0 Å². The van der Waals surface area contributed by atoms with E-state index in [1.54, 1.807) is 18.2 Å². The molecule has 64 valence electrons. The molecule has 0 aliphatic carbocycles.